The molecule has 3 N–H and O–H groups in total. The Hall–Kier alpha value is -2.78. The Balaban J connectivity index is 1.50. The number of nitrogens with one attached hydrogen (secondary N) is 3. The minimum absolute atomic E-state index is 0.107. The minimum Gasteiger partial charge on any atom is -0.446 e. The van der Waals surface area contributed by atoms with Gasteiger partial charge < -0.3 is 9.72 Å². The minimum atomic E-state index is -2.82. The van der Waals surface area contributed by atoms with Crippen LogP contribution in [0.25, 0.3) is 11.2 Å². The highest BCUT2D eigenvalue weighted by molar-refractivity contribution is 5.91. The smallest absolute Gasteiger partial charge is 0.410 e. The highest BCUT2D eigenvalue weighted by Gasteiger charge is 2.48. The number of hydrogen-bond donors (Lipinski definition) is 3. The van der Waals surface area contributed by atoms with Crippen LogP contribution in [0, 0.1) is 22.7 Å². The number of fused-ring (bicyclic) bond motifs is 1. The summed E-state index contributed by atoms with van der Waals surface area (Å²) in [6, 6.07) is 1.77. The molecule has 1 amide bonds. The zero-order valence-corrected chi connectivity index (χ0v) is 15.4. The van der Waals surface area contributed by atoms with Crippen LogP contribution in [0.3, 0.4) is 0 Å². The number of halogens is 2. The number of amides is 1. The van der Waals surface area contributed by atoms with E-state index in [1.807, 2.05) is 6.92 Å². The van der Waals surface area contributed by atoms with Crippen LogP contribution in [0.4, 0.5) is 13.6 Å². The van der Waals surface area contributed by atoms with E-state index in [9.17, 15) is 13.6 Å². The number of likely N-dealkylation sites (tertiary alicyclic amines) is 1. The second kappa shape index (κ2) is 6.68. The molecule has 0 bridgehead atoms. The Labute approximate surface area is 159 Å². The molecule has 2 aromatic heterocycles. The van der Waals surface area contributed by atoms with Gasteiger partial charge in [0.05, 0.1) is 24.8 Å². The fraction of sp³-hybridized carbons (Fsp3) is 0.556. The van der Waals surface area contributed by atoms with Crippen LogP contribution in [0.5, 0.6) is 0 Å². The third-order valence-electron chi connectivity index (χ3n) is 5.64. The molecule has 1 saturated carbocycles. The Morgan fingerprint density at radius 1 is 1.43 bits per heavy atom. The fourth-order valence-electron chi connectivity index (χ4n) is 4.19. The lowest BCUT2D eigenvalue weighted by atomic mass is 9.92. The first-order chi connectivity index (χ1) is 13.3. The van der Waals surface area contributed by atoms with Gasteiger partial charge in [0.2, 0.25) is 0 Å². The predicted octanol–water partition coefficient (Wildman–Crippen LogP) is 2.56. The Kier molecular flexibility index (Phi) is 4.43. The zero-order valence-electron chi connectivity index (χ0n) is 15.4. The Bertz CT molecular complexity index is 976. The molecule has 1 aliphatic carbocycles. The molecule has 2 fully saturated rings. The summed E-state index contributed by atoms with van der Waals surface area (Å²) in [5, 5.41) is 16.9. The average molecular weight is 392 g/mol. The number of nitrogens with zero attached hydrogens (tertiary/aromatic N) is 3. The van der Waals surface area contributed by atoms with E-state index in [-0.39, 0.29) is 23.2 Å². The third-order valence-corrected chi connectivity index (χ3v) is 5.64. The summed E-state index contributed by atoms with van der Waals surface area (Å²) in [7, 11) is 0. The summed E-state index contributed by atoms with van der Waals surface area (Å²) in [6.45, 7) is 0.806. The molecule has 3 heterocycles. The van der Waals surface area contributed by atoms with Gasteiger partial charge in [0.25, 0.3) is 5.92 Å². The molecule has 0 radical (unpaired) electrons. The van der Waals surface area contributed by atoms with Crippen molar-refractivity contribution in [2.75, 3.05) is 13.1 Å². The topological polar surface area (TPSA) is 111 Å². The van der Waals surface area contributed by atoms with Crippen molar-refractivity contribution in [2.24, 2.45) is 11.8 Å². The van der Waals surface area contributed by atoms with Crippen molar-refractivity contribution in [3.8, 4) is 0 Å². The molecule has 10 heteroatoms. The van der Waals surface area contributed by atoms with E-state index in [1.54, 1.807) is 16.8 Å². The van der Waals surface area contributed by atoms with Gasteiger partial charge in [0, 0.05) is 12.1 Å². The fourth-order valence-corrected chi connectivity index (χ4v) is 4.19. The monoisotopic (exact) mass is 392 g/mol. The number of carbonyl (C=O) groups is 1. The van der Waals surface area contributed by atoms with E-state index in [1.165, 1.54) is 6.20 Å². The molecule has 0 aromatic carbocycles. The van der Waals surface area contributed by atoms with Crippen LogP contribution in [0.1, 0.15) is 26.2 Å². The van der Waals surface area contributed by atoms with Crippen molar-refractivity contribution < 1.29 is 18.3 Å². The molecule has 0 spiro atoms. The van der Waals surface area contributed by atoms with Gasteiger partial charge in [-0.05, 0) is 24.8 Å². The largest absolute Gasteiger partial charge is 0.446 e. The van der Waals surface area contributed by atoms with Gasteiger partial charge in [-0.25, -0.2) is 18.6 Å². The van der Waals surface area contributed by atoms with Crippen molar-refractivity contribution in [3.05, 3.63) is 23.9 Å². The molecule has 1 aliphatic heterocycles. The number of rotatable bonds is 3. The van der Waals surface area contributed by atoms with Crippen LogP contribution in [-0.2, 0) is 4.74 Å². The molecule has 3 atom stereocenters. The molecule has 2 aromatic rings. The summed E-state index contributed by atoms with van der Waals surface area (Å²) in [4.78, 5) is 20.2. The average Bonchev–Trinajstić information content (AvgIpc) is 3.25. The van der Waals surface area contributed by atoms with Crippen molar-refractivity contribution >= 4 is 23.1 Å². The zero-order chi connectivity index (χ0) is 20.1. The number of aromatic nitrogens is 3. The molecule has 28 heavy (non-hydrogen) atoms. The number of ether oxygens (including phenoxy) is 1. The van der Waals surface area contributed by atoms with Crippen LogP contribution < -0.4 is 5.49 Å². The molecule has 150 valence electrons. The number of carbonyl (C=O) groups excluding carboxylic acids is 1. The maximum Gasteiger partial charge on any atom is 0.410 e. The highest BCUT2D eigenvalue weighted by Crippen LogP contribution is 2.38. The van der Waals surface area contributed by atoms with E-state index in [2.05, 4.69) is 9.97 Å². The maximum atomic E-state index is 13.0. The first-order valence-electron chi connectivity index (χ1n) is 9.31. The van der Waals surface area contributed by atoms with Crippen molar-refractivity contribution in [2.45, 2.75) is 38.2 Å². The van der Waals surface area contributed by atoms with E-state index in [0.717, 1.165) is 11.3 Å². The van der Waals surface area contributed by atoms with Gasteiger partial charge in [-0.2, -0.15) is 0 Å². The summed E-state index contributed by atoms with van der Waals surface area (Å²) in [5.41, 5.74) is 1.35. The molecular formula is C18H22F2N6O2. The molecule has 1 saturated heterocycles. The number of H-pyrrole nitrogens is 1. The standard InChI is InChI=1S/C18H22F2N6O2/c1-2-10-5-11(28-17(27)25-8-18(19,20)9-25)6-12(10)15(22)26-13-3-4-23-16(13)24-7-14(26)21/h3-4,7,10-12,21-23H,2,5-6,8-9H2,1H3/t10-,11-,12+/m1/s1. The van der Waals surface area contributed by atoms with Gasteiger partial charge in [-0.3, -0.25) is 20.3 Å². The van der Waals surface area contributed by atoms with E-state index in [0.29, 0.717) is 24.0 Å². The predicted molar refractivity (Wildman–Crippen MR) is 96.4 cm³/mol. The van der Waals surface area contributed by atoms with Crippen LogP contribution in [0.2, 0.25) is 0 Å². The molecule has 0 unspecified atom stereocenters. The summed E-state index contributed by atoms with van der Waals surface area (Å²) in [5.74, 6) is -2.65. The quantitative estimate of drug-likeness (QED) is 0.551. The van der Waals surface area contributed by atoms with Gasteiger partial charge in [-0.15, -0.1) is 0 Å². The summed E-state index contributed by atoms with van der Waals surface area (Å²) < 4.78 is 32.9. The third kappa shape index (κ3) is 3.16. The number of alkyl halides is 2. The second-order valence-corrected chi connectivity index (χ2v) is 7.54. The van der Waals surface area contributed by atoms with Gasteiger partial charge in [-0.1, -0.05) is 13.3 Å². The lowest BCUT2D eigenvalue weighted by Crippen LogP contribution is -2.58. The van der Waals surface area contributed by atoms with Crippen molar-refractivity contribution in [3.63, 3.8) is 0 Å². The lowest BCUT2D eigenvalue weighted by molar-refractivity contribution is -0.122. The van der Waals surface area contributed by atoms with Gasteiger partial charge >= 0.3 is 6.09 Å². The van der Waals surface area contributed by atoms with Gasteiger partial charge in [0.15, 0.2) is 5.65 Å². The first-order valence-corrected chi connectivity index (χ1v) is 9.31. The Morgan fingerprint density at radius 2 is 2.18 bits per heavy atom. The second-order valence-electron chi connectivity index (χ2n) is 7.54. The van der Waals surface area contributed by atoms with Crippen molar-refractivity contribution in [1.82, 2.24) is 19.4 Å². The normalized spacial score (nSPS) is 26.2. The molecular weight excluding hydrogens is 370 g/mol. The summed E-state index contributed by atoms with van der Waals surface area (Å²) in [6.07, 6.45) is 3.77. The number of aromatic amines is 1. The molecule has 2 aliphatic rings. The van der Waals surface area contributed by atoms with Crippen LogP contribution in [-0.4, -0.2) is 56.5 Å². The summed E-state index contributed by atoms with van der Waals surface area (Å²) >= 11 is 0. The van der Waals surface area contributed by atoms with Crippen molar-refractivity contribution in [1.29, 1.82) is 10.8 Å². The van der Waals surface area contributed by atoms with Gasteiger partial charge in [0.1, 0.15) is 17.4 Å². The lowest BCUT2D eigenvalue weighted by Gasteiger charge is -2.38. The molecule has 4 rings (SSSR count). The van der Waals surface area contributed by atoms with Crippen LogP contribution in [0.15, 0.2) is 18.5 Å². The number of hydrogen-bond acceptors (Lipinski definition) is 5. The Morgan fingerprint density at radius 3 is 2.86 bits per heavy atom. The van der Waals surface area contributed by atoms with E-state index < -0.39 is 31.2 Å². The molecule has 8 nitrogen and oxygen atoms in total. The van der Waals surface area contributed by atoms with Crippen LogP contribution >= 0.6 is 0 Å². The van der Waals surface area contributed by atoms with E-state index in [4.69, 9.17) is 15.6 Å². The van der Waals surface area contributed by atoms with E-state index >= 15 is 0 Å². The first kappa shape index (κ1) is 18.6. The maximum absolute atomic E-state index is 13.0. The highest BCUT2D eigenvalue weighted by atomic mass is 19.3. The SMILES string of the molecule is CC[C@@H]1C[C@@H](OC(=O)N2CC(F)(F)C2)C[C@@H]1C(=N)n1c(=N)cnc2[nH]ccc21.